The summed E-state index contributed by atoms with van der Waals surface area (Å²) in [7, 11) is 0. The van der Waals surface area contributed by atoms with E-state index in [-0.39, 0.29) is 17.1 Å². The van der Waals surface area contributed by atoms with Crippen LogP contribution in [0.1, 0.15) is 39.8 Å². The molecule has 7 heteroatoms. The molecule has 3 aromatic rings. The lowest BCUT2D eigenvalue weighted by Crippen LogP contribution is -2.27. The van der Waals surface area contributed by atoms with E-state index >= 15 is 0 Å². The van der Waals surface area contributed by atoms with Gasteiger partial charge in [-0.2, -0.15) is 5.10 Å². The van der Waals surface area contributed by atoms with Gasteiger partial charge in [-0.15, -0.1) is 11.8 Å². The Bertz CT molecular complexity index is 1110. The van der Waals surface area contributed by atoms with Crippen LogP contribution in [-0.2, 0) is 17.9 Å². The number of hydrogen-bond acceptors (Lipinski definition) is 4. The van der Waals surface area contributed by atoms with Crippen LogP contribution in [-0.4, -0.2) is 26.8 Å². The minimum atomic E-state index is -0.176. The minimum Gasteiger partial charge on any atom is -0.348 e. The van der Waals surface area contributed by atoms with Crippen LogP contribution in [0.5, 0.6) is 0 Å². The fraction of sp³-hybridized carbons (Fsp3) is 0.261. The van der Waals surface area contributed by atoms with Crippen molar-refractivity contribution < 1.29 is 9.59 Å². The molecule has 6 nitrogen and oxygen atoms in total. The molecule has 0 unspecified atom stereocenters. The van der Waals surface area contributed by atoms with Crippen molar-refractivity contribution in [1.29, 1.82) is 0 Å². The van der Waals surface area contributed by atoms with Crippen molar-refractivity contribution in [2.45, 2.75) is 44.0 Å². The Morgan fingerprint density at radius 1 is 1.20 bits per heavy atom. The van der Waals surface area contributed by atoms with Crippen LogP contribution in [0.15, 0.2) is 53.4 Å². The molecule has 2 amide bonds. The zero-order valence-corrected chi connectivity index (χ0v) is 18.0. The summed E-state index contributed by atoms with van der Waals surface area (Å²) in [5.41, 5.74) is 5.37. The summed E-state index contributed by atoms with van der Waals surface area (Å²) in [5, 5.41) is 10.4. The van der Waals surface area contributed by atoms with Gasteiger partial charge in [0, 0.05) is 28.3 Å². The van der Waals surface area contributed by atoms with Crippen molar-refractivity contribution in [2.24, 2.45) is 0 Å². The minimum absolute atomic E-state index is 0.0397. The first kappa shape index (κ1) is 20.2. The summed E-state index contributed by atoms with van der Waals surface area (Å²) in [6, 6.07) is 15.6. The van der Waals surface area contributed by atoms with E-state index in [1.54, 1.807) is 12.1 Å². The fourth-order valence-electron chi connectivity index (χ4n) is 3.52. The van der Waals surface area contributed by atoms with Crippen molar-refractivity contribution in [3.05, 3.63) is 76.6 Å². The first-order chi connectivity index (χ1) is 14.4. The van der Waals surface area contributed by atoms with E-state index in [4.69, 9.17) is 0 Å². The maximum absolute atomic E-state index is 12.7. The molecule has 1 atom stereocenters. The molecule has 0 bridgehead atoms. The molecule has 4 rings (SSSR count). The van der Waals surface area contributed by atoms with E-state index in [1.165, 1.54) is 17.3 Å². The van der Waals surface area contributed by atoms with E-state index in [2.05, 4.69) is 27.9 Å². The van der Waals surface area contributed by atoms with Gasteiger partial charge in [-0.25, -0.2) is 0 Å². The van der Waals surface area contributed by atoms with E-state index in [0.29, 0.717) is 24.3 Å². The number of thioether (sulfide) groups is 1. The van der Waals surface area contributed by atoms with Crippen molar-refractivity contribution >= 4 is 29.3 Å². The maximum Gasteiger partial charge on any atom is 0.251 e. The zero-order chi connectivity index (χ0) is 21.3. The van der Waals surface area contributed by atoms with Gasteiger partial charge in [-0.1, -0.05) is 30.3 Å². The molecule has 0 spiro atoms. The Morgan fingerprint density at radius 3 is 2.73 bits per heavy atom. The number of rotatable bonds is 5. The number of hydrogen-bond donors (Lipinski definition) is 2. The average Bonchev–Trinajstić information content (AvgIpc) is 3.00. The van der Waals surface area contributed by atoms with Crippen LogP contribution in [0.2, 0.25) is 0 Å². The molecule has 2 N–H and O–H groups in total. The predicted molar refractivity (Wildman–Crippen MR) is 119 cm³/mol. The number of nitrogens with zero attached hydrogens (tertiary/aromatic N) is 2. The van der Waals surface area contributed by atoms with Crippen LogP contribution in [0.3, 0.4) is 0 Å². The average molecular weight is 421 g/mol. The van der Waals surface area contributed by atoms with Crippen molar-refractivity contribution in [3.8, 4) is 0 Å². The number of carbonyl (C=O) groups excluding carboxylic acids is 2. The fourth-order valence-corrected chi connectivity index (χ4v) is 4.45. The Hall–Kier alpha value is -3.06. The number of benzene rings is 2. The number of aryl methyl sites for hydroxylation is 1. The molecule has 2 aromatic carbocycles. The monoisotopic (exact) mass is 420 g/mol. The molecule has 0 fully saturated rings. The number of carbonyl (C=O) groups is 2. The third-order valence-corrected chi connectivity index (χ3v) is 6.48. The van der Waals surface area contributed by atoms with Crippen molar-refractivity contribution in [1.82, 2.24) is 15.1 Å². The number of anilines is 1. The first-order valence-corrected chi connectivity index (χ1v) is 10.8. The summed E-state index contributed by atoms with van der Waals surface area (Å²) in [4.78, 5) is 25.6. The smallest absolute Gasteiger partial charge is 0.251 e. The maximum atomic E-state index is 12.7. The highest BCUT2D eigenvalue weighted by Gasteiger charge is 2.24. The molecule has 1 aliphatic rings. The third-order valence-electron chi connectivity index (χ3n) is 5.30. The molecule has 0 saturated heterocycles. The number of amides is 2. The summed E-state index contributed by atoms with van der Waals surface area (Å²) < 4.78 is 1.97. The molecule has 2 heterocycles. The van der Waals surface area contributed by atoms with Gasteiger partial charge in [0.25, 0.3) is 5.91 Å². The van der Waals surface area contributed by atoms with Crippen LogP contribution in [0, 0.1) is 13.8 Å². The molecular weight excluding hydrogens is 396 g/mol. The summed E-state index contributed by atoms with van der Waals surface area (Å²) in [6.07, 6.45) is 0. The highest BCUT2D eigenvalue weighted by molar-refractivity contribution is 8.00. The normalized spacial score (nSPS) is 15.4. The predicted octanol–water partition coefficient (Wildman–Crippen LogP) is 3.91. The zero-order valence-electron chi connectivity index (χ0n) is 17.2. The molecule has 30 heavy (non-hydrogen) atoms. The van der Waals surface area contributed by atoms with Gasteiger partial charge in [-0.3, -0.25) is 14.3 Å². The Kier molecular flexibility index (Phi) is 5.63. The van der Waals surface area contributed by atoms with E-state index < -0.39 is 0 Å². The lowest BCUT2D eigenvalue weighted by molar-refractivity contribution is -0.115. The van der Waals surface area contributed by atoms with Gasteiger partial charge < -0.3 is 10.6 Å². The highest BCUT2D eigenvalue weighted by Crippen LogP contribution is 2.35. The van der Waals surface area contributed by atoms with Gasteiger partial charge in [0.15, 0.2) is 0 Å². The van der Waals surface area contributed by atoms with Crippen molar-refractivity contribution in [2.75, 3.05) is 5.32 Å². The summed E-state index contributed by atoms with van der Waals surface area (Å²) in [5.74, 6) is -0.215. The van der Waals surface area contributed by atoms with Gasteiger partial charge in [0.05, 0.1) is 23.2 Å². The molecule has 0 saturated carbocycles. The van der Waals surface area contributed by atoms with E-state index in [9.17, 15) is 9.59 Å². The number of aromatic nitrogens is 2. The second-order valence-corrected chi connectivity index (χ2v) is 8.82. The molecule has 154 valence electrons. The number of fused-ring (bicyclic) bond motifs is 1. The Morgan fingerprint density at radius 2 is 1.97 bits per heavy atom. The summed E-state index contributed by atoms with van der Waals surface area (Å²) in [6.45, 7) is 6.95. The van der Waals surface area contributed by atoms with E-state index in [1.807, 2.05) is 49.7 Å². The molecule has 0 aliphatic carbocycles. The quantitative estimate of drug-likeness (QED) is 0.656. The molecular formula is C23H24N4O2S. The highest BCUT2D eigenvalue weighted by atomic mass is 32.2. The largest absolute Gasteiger partial charge is 0.348 e. The Balaban J connectivity index is 1.46. The summed E-state index contributed by atoms with van der Waals surface area (Å²) >= 11 is 1.50. The van der Waals surface area contributed by atoms with Gasteiger partial charge in [0.1, 0.15) is 0 Å². The van der Waals surface area contributed by atoms with Gasteiger partial charge >= 0.3 is 0 Å². The standard InChI is InChI=1S/C23H24N4O2S/c1-14-19(15(2)27(26-14)13-17-7-5-4-6-8-17)12-24-23(29)18-9-10-21-20(11-18)25-22(28)16(3)30-21/h4-11,16H,12-13H2,1-3H3,(H,24,29)(H,25,28)/t16-/m1/s1. The topological polar surface area (TPSA) is 76.0 Å². The SMILES string of the molecule is Cc1nn(Cc2ccccc2)c(C)c1CNC(=O)c1ccc2c(c1)NC(=O)[C@@H](C)S2. The van der Waals surface area contributed by atoms with Crippen LogP contribution in [0.4, 0.5) is 5.69 Å². The Labute approximate surface area is 180 Å². The van der Waals surface area contributed by atoms with Crippen LogP contribution in [0.25, 0.3) is 0 Å². The van der Waals surface area contributed by atoms with Gasteiger partial charge in [0.2, 0.25) is 5.91 Å². The molecule has 1 aromatic heterocycles. The third kappa shape index (κ3) is 4.11. The molecule has 1 aliphatic heterocycles. The second-order valence-electron chi connectivity index (χ2n) is 7.44. The van der Waals surface area contributed by atoms with Crippen LogP contribution >= 0.6 is 11.8 Å². The lowest BCUT2D eigenvalue weighted by atomic mass is 10.1. The lowest BCUT2D eigenvalue weighted by Gasteiger charge is -2.21. The van der Waals surface area contributed by atoms with Crippen molar-refractivity contribution in [3.63, 3.8) is 0 Å². The van der Waals surface area contributed by atoms with E-state index in [0.717, 1.165) is 21.8 Å². The second kappa shape index (κ2) is 8.36. The first-order valence-electron chi connectivity index (χ1n) is 9.89. The van der Waals surface area contributed by atoms with Crippen LogP contribution < -0.4 is 10.6 Å². The molecule has 0 radical (unpaired) electrons. The van der Waals surface area contributed by atoms with Gasteiger partial charge in [-0.05, 0) is 44.5 Å². The number of nitrogens with one attached hydrogen (secondary N) is 2.